The van der Waals surface area contributed by atoms with E-state index in [9.17, 15) is 24.2 Å². The molecule has 0 spiro atoms. The predicted octanol–water partition coefficient (Wildman–Crippen LogP) is 3.82. The summed E-state index contributed by atoms with van der Waals surface area (Å²) in [6.45, 7) is 1.67. The number of benzene rings is 1. The van der Waals surface area contributed by atoms with Gasteiger partial charge in [-0.2, -0.15) is 4.98 Å². The van der Waals surface area contributed by atoms with Crippen LogP contribution in [0.15, 0.2) is 35.3 Å². The molecule has 0 fully saturated rings. The minimum atomic E-state index is -1.38. The number of pyridine rings is 2. The Kier molecular flexibility index (Phi) is 6.92. The average molecular weight is 449 g/mol. The number of aromatic carboxylic acids is 1. The molecule has 1 aromatic carbocycles. The van der Waals surface area contributed by atoms with E-state index in [-0.39, 0.29) is 40.5 Å². The number of fused-ring (bicyclic) bond motifs is 1. The molecular formula is C22H22ClFN2O5. The fraction of sp³-hybridized carbons (Fsp3) is 0.318. The Morgan fingerprint density at radius 3 is 2.71 bits per heavy atom. The molecule has 164 valence electrons. The van der Waals surface area contributed by atoms with E-state index in [2.05, 4.69) is 4.98 Å². The van der Waals surface area contributed by atoms with Crippen molar-refractivity contribution in [3.63, 3.8) is 0 Å². The number of hydrogen-bond acceptors (Lipinski definition) is 5. The Hall–Kier alpha value is -2.97. The molecule has 3 aromatic rings. The minimum absolute atomic E-state index is 0.0354. The van der Waals surface area contributed by atoms with Crippen molar-refractivity contribution in [3.8, 4) is 5.88 Å². The molecule has 2 N–H and O–H groups in total. The monoisotopic (exact) mass is 448 g/mol. The molecule has 1 unspecified atom stereocenters. The number of aliphatic hydroxyl groups excluding tert-OH is 1. The van der Waals surface area contributed by atoms with Crippen LogP contribution in [0.25, 0.3) is 11.0 Å². The summed E-state index contributed by atoms with van der Waals surface area (Å²) in [5.41, 5.74) is -0.280. The van der Waals surface area contributed by atoms with Gasteiger partial charge in [0, 0.05) is 18.2 Å². The zero-order valence-electron chi connectivity index (χ0n) is 17.1. The third-order valence-corrected chi connectivity index (χ3v) is 5.40. The summed E-state index contributed by atoms with van der Waals surface area (Å²) in [6, 6.07) is 5.58. The van der Waals surface area contributed by atoms with Gasteiger partial charge in [-0.1, -0.05) is 37.1 Å². The normalized spacial score (nSPS) is 12.2. The Morgan fingerprint density at radius 1 is 1.35 bits per heavy atom. The molecule has 0 saturated carbocycles. The molecule has 3 rings (SSSR count). The van der Waals surface area contributed by atoms with Crippen LogP contribution < -0.4 is 10.2 Å². The molecule has 2 aromatic heterocycles. The van der Waals surface area contributed by atoms with E-state index in [0.29, 0.717) is 12.0 Å². The van der Waals surface area contributed by atoms with E-state index in [1.54, 1.807) is 12.1 Å². The lowest BCUT2D eigenvalue weighted by molar-refractivity contribution is 0.0694. The van der Waals surface area contributed by atoms with Gasteiger partial charge in [0.05, 0.1) is 30.2 Å². The summed E-state index contributed by atoms with van der Waals surface area (Å²) in [6.07, 6.45) is 2.51. The smallest absolute Gasteiger partial charge is 0.341 e. The number of aliphatic hydroxyl groups is 1. The summed E-state index contributed by atoms with van der Waals surface area (Å²) in [5.74, 6) is -1.81. The molecule has 0 aliphatic heterocycles. The van der Waals surface area contributed by atoms with Gasteiger partial charge in [-0.05, 0) is 24.1 Å². The number of rotatable bonds is 8. The number of methoxy groups -OCH3 is 1. The van der Waals surface area contributed by atoms with Crippen molar-refractivity contribution < 1.29 is 24.1 Å². The topological polar surface area (TPSA) is 102 Å². The number of hydrogen-bond donors (Lipinski definition) is 2. The number of aromatic nitrogens is 2. The second-order valence-corrected chi connectivity index (χ2v) is 7.53. The first-order valence-corrected chi connectivity index (χ1v) is 10.1. The summed E-state index contributed by atoms with van der Waals surface area (Å²) in [4.78, 5) is 29.0. The number of carboxylic acids is 1. The highest BCUT2D eigenvalue weighted by Gasteiger charge is 2.22. The largest absolute Gasteiger partial charge is 0.481 e. The molecule has 1 atom stereocenters. The highest BCUT2D eigenvalue weighted by atomic mass is 35.5. The average Bonchev–Trinajstić information content (AvgIpc) is 2.75. The van der Waals surface area contributed by atoms with Crippen LogP contribution in [-0.2, 0) is 6.42 Å². The van der Waals surface area contributed by atoms with Crippen LogP contribution >= 0.6 is 11.6 Å². The van der Waals surface area contributed by atoms with Gasteiger partial charge in [0.15, 0.2) is 0 Å². The first kappa shape index (κ1) is 22.7. The van der Waals surface area contributed by atoms with E-state index in [4.69, 9.17) is 16.3 Å². The zero-order chi connectivity index (χ0) is 22.7. The first-order chi connectivity index (χ1) is 14.8. The lowest BCUT2D eigenvalue weighted by atomic mass is 10.0. The Balaban J connectivity index is 2.29. The molecule has 2 heterocycles. The Bertz CT molecular complexity index is 1190. The van der Waals surface area contributed by atoms with E-state index in [1.807, 2.05) is 6.92 Å². The molecule has 31 heavy (non-hydrogen) atoms. The second kappa shape index (κ2) is 9.45. The van der Waals surface area contributed by atoms with Crippen molar-refractivity contribution in [3.05, 3.63) is 68.2 Å². The van der Waals surface area contributed by atoms with Crippen LogP contribution in [0.1, 0.15) is 47.3 Å². The number of nitrogens with zero attached hydrogens (tertiary/aromatic N) is 2. The van der Waals surface area contributed by atoms with Gasteiger partial charge >= 0.3 is 5.97 Å². The maximum absolute atomic E-state index is 14.4. The Morgan fingerprint density at radius 2 is 2.10 bits per heavy atom. The molecule has 0 aliphatic carbocycles. The van der Waals surface area contributed by atoms with Crippen LogP contribution in [0.3, 0.4) is 0 Å². The predicted molar refractivity (Wildman–Crippen MR) is 115 cm³/mol. The van der Waals surface area contributed by atoms with Gasteiger partial charge in [-0.3, -0.25) is 4.79 Å². The van der Waals surface area contributed by atoms with Crippen molar-refractivity contribution in [1.29, 1.82) is 0 Å². The maximum atomic E-state index is 14.4. The van der Waals surface area contributed by atoms with E-state index >= 15 is 0 Å². The molecule has 9 heteroatoms. The molecule has 0 aliphatic rings. The van der Waals surface area contributed by atoms with Gasteiger partial charge in [0.2, 0.25) is 11.3 Å². The number of halogens is 2. The molecule has 0 amide bonds. The highest BCUT2D eigenvalue weighted by Crippen LogP contribution is 2.28. The highest BCUT2D eigenvalue weighted by molar-refractivity contribution is 6.30. The quantitative estimate of drug-likeness (QED) is 0.543. The maximum Gasteiger partial charge on any atom is 0.341 e. The molecule has 0 saturated heterocycles. The van der Waals surface area contributed by atoms with Gasteiger partial charge in [-0.25, -0.2) is 9.18 Å². The van der Waals surface area contributed by atoms with Crippen molar-refractivity contribution >= 4 is 28.6 Å². The molecular weight excluding hydrogens is 427 g/mol. The molecule has 7 nitrogen and oxygen atoms in total. The summed E-state index contributed by atoms with van der Waals surface area (Å²) >= 11 is 5.87. The lowest BCUT2D eigenvalue weighted by Crippen LogP contribution is -2.24. The molecule has 0 bridgehead atoms. The number of carboxylic acid groups (broad SMARTS) is 1. The lowest BCUT2D eigenvalue weighted by Gasteiger charge is -2.21. The second-order valence-electron chi connectivity index (χ2n) is 7.13. The van der Waals surface area contributed by atoms with Gasteiger partial charge in [0.25, 0.3) is 0 Å². The first-order valence-electron chi connectivity index (χ1n) is 9.72. The third kappa shape index (κ3) is 4.40. The van der Waals surface area contributed by atoms with Gasteiger partial charge < -0.3 is 19.5 Å². The van der Waals surface area contributed by atoms with Crippen LogP contribution in [0.4, 0.5) is 4.39 Å². The van der Waals surface area contributed by atoms with Gasteiger partial charge in [-0.15, -0.1) is 0 Å². The SMILES string of the molecule is CCCC(CO)n1cc(C(=O)O)c(=O)c2cc(Cc3cccc(Cl)c3F)c(OC)nc21. The number of carbonyl (C=O) groups is 1. The molecule has 0 radical (unpaired) electrons. The van der Waals surface area contributed by atoms with Crippen molar-refractivity contribution in [2.24, 2.45) is 0 Å². The van der Waals surface area contributed by atoms with Crippen LogP contribution in [0, 0.1) is 5.82 Å². The van der Waals surface area contributed by atoms with E-state index in [1.165, 1.54) is 30.0 Å². The van der Waals surface area contributed by atoms with Crippen LogP contribution in [-0.4, -0.2) is 39.5 Å². The van der Waals surface area contributed by atoms with Crippen molar-refractivity contribution in [2.45, 2.75) is 32.2 Å². The standard InChI is InChI=1S/C22H22ClFN2O5/c1-3-5-14(11-27)26-10-16(22(29)30)19(28)15-9-13(21(31-2)25-20(15)26)8-12-6-4-7-17(23)18(12)24/h4,6-7,9-10,14,27H,3,5,8,11H2,1-2H3,(H,29,30). The van der Waals surface area contributed by atoms with Crippen LogP contribution in [0.2, 0.25) is 5.02 Å². The van der Waals surface area contributed by atoms with E-state index < -0.39 is 28.8 Å². The Labute approximate surface area is 182 Å². The van der Waals surface area contributed by atoms with Crippen molar-refractivity contribution in [2.75, 3.05) is 13.7 Å². The van der Waals surface area contributed by atoms with Crippen LogP contribution in [0.5, 0.6) is 5.88 Å². The summed E-state index contributed by atoms with van der Waals surface area (Å²) in [7, 11) is 1.40. The minimum Gasteiger partial charge on any atom is -0.481 e. The van der Waals surface area contributed by atoms with E-state index in [0.717, 1.165) is 6.42 Å². The summed E-state index contributed by atoms with van der Waals surface area (Å²) in [5, 5.41) is 19.4. The number of ether oxygens (including phenoxy) is 1. The zero-order valence-corrected chi connectivity index (χ0v) is 17.8. The summed E-state index contributed by atoms with van der Waals surface area (Å²) < 4.78 is 21.3. The van der Waals surface area contributed by atoms with Crippen molar-refractivity contribution in [1.82, 2.24) is 9.55 Å². The fourth-order valence-electron chi connectivity index (χ4n) is 3.57. The third-order valence-electron chi connectivity index (χ3n) is 5.11. The van der Waals surface area contributed by atoms with Gasteiger partial charge in [0.1, 0.15) is 17.0 Å². The fourth-order valence-corrected chi connectivity index (χ4v) is 3.77.